The zero-order valence-electron chi connectivity index (χ0n) is 9.34. The maximum atomic E-state index is 11.6. The van der Waals surface area contributed by atoms with Gasteiger partial charge in [0.2, 0.25) is 0 Å². The second-order valence-corrected chi connectivity index (χ2v) is 3.95. The topological polar surface area (TPSA) is 70.1 Å². The van der Waals surface area contributed by atoms with Gasteiger partial charge in [0, 0.05) is 23.6 Å². The molecule has 0 heterocycles. The molecule has 0 unspecified atom stereocenters. The minimum atomic E-state index is -0.984. The molecule has 0 atom stereocenters. The van der Waals surface area contributed by atoms with Crippen molar-refractivity contribution >= 4 is 41.2 Å². The van der Waals surface area contributed by atoms with E-state index in [0.717, 1.165) is 0 Å². The van der Waals surface area contributed by atoms with Crippen molar-refractivity contribution < 1.29 is 19.4 Å². The summed E-state index contributed by atoms with van der Waals surface area (Å²) in [5.41, 5.74) is 0.214. The van der Waals surface area contributed by atoms with Crippen LogP contribution in [0.2, 0.25) is 0 Å². The zero-order chi connectivity index (χ0) is 13.7. The molecule has 98 valence electrons. The van der Waals surface area contributed by atoms with Crippen LogP contribution in [0.1, 0.15) is 0 Å². The Kier molecular flexibility index (Phi) is 5.21. The van der Waals surface area contributed by atoms with E-state index in [4.69, 9.17) is 33.4 Å². The number of imide groups is 1. The summed E-state index contributed by atoms with van der Waals surface area (Å²) in [4.78, 5) is 23.8. The number of nitrogens with zero attached hydrogens (tertiary/aromatic N) is 2. The number of amides is 3. The highest BCUT2D eigenvalue weighted by atomic mass is 35.5. The van der Waals surface area contributed by atoms with Crippen molar-refractivity contribution in [1.29, 1.82) is 0 Å². The lowest BCUT2D eigenvalue weighted by Crippen LogP contribution is -2.41. The lowest BCUT2D eigenvalue weighted by Gasteiger charge is -2.20. The molecule has 0 saturated carbocycles. The molecule has 0 aliphatic rings. The van der Waals surface area contributed by atoms with Gasteiger partial charge in [-0.15, -0.1) is 3.94 Å². The number of carbonyl (C=O) groups is 2. The van der Waals surface area contributed by atoms with E-state index in [-0.39, 0.29) is 9.63 Å². The van der Waals surface area contributed by atoms with E-state index in [1.54, 1.807) is 12.1 Å². The monoisotopic (exact) mass is 292 g/mol. The number of benzene rings is 1. The van der Waals surface area contributed by atoms with Gasteiger partial charge in [-0.2, -0.15) is 0 Å². The highest BCUT2D eigenvalue weighted by Gasteiger charge is 2.26. The van der Waals surface area contributed by atoms with Gasteiger partial charge in [0.05, 0.1) is 12.8 Å². The molecule has 8 heteroatoms. The fourth-order valence-corrected chi connectivity index (χ4v) is 1.39. The Labute approximate surface area is 113 Å². The smallest absolute Gasteiger partial charge is 0.361 e. The number of urea groups is 1. The number of aliphatic hydroxyl groups is 1. The van der Waals surface area contributed by atoms with Crippen molar-refractivity contribution in [2.75, 3.05) is 18.6 Å². The molecule has 0 aromatic heterocycles. The van der Waals surface area contributed by atoms with Gasteiger partial charge in [-0.3, -0.25) is 4.79 Å². The van der Waals surface area contributed by atoms with Crippen LogP contribution in [0.4, 0.5) is 10.5 Å². The van der Waals surface area contributed by atoms with Gasteiger partial charge < -0.3 is 9.84 Å². The largest absolute Gasteiger partial charge is 0.497 e. The minimum Gasteiger partial charge on any atom is -0.497 e. The minimum absolute atomic E-state index is 0.206. The van der Waals surface area contributed by atoms with E-state index in [1.807, 2.05) is 0 Å². The van der Waals surface area contributed by atoms with E-state index < -0.39 is 18.5 Å². The van der Waals surface area contributed by atoms with Crippen molar-refractivity contribution in [3.63, 3.8) is 0 Å². The average Bonchev–Trinajstić information content (AvgIpc) is 2.39. The summed E-state index contributed by atoms with van der Waals surface area (Å²) in [5, 5.41) is 8.83. The highest BCUT2D eigenvalue weighted by Crippen LogP contribution is 2.21. The first kappa shape index (κ1) is 14.6. The summed E-state index contributed by atoms with van der Waals surface area (Å²) in [6.45, 7) is -0.848. The first-order valence-electron chi connectivity index (χ1n) is 4.74. The molecule has 18 heavy (non-hydrogen) atoms. The number of anilines is 1. The van der Waals surface area contributed by atoms with Gasteiger partial charge in [-0.05, 0) is 24.3 Å². The van der Waals surface area contributed by atoms with E-state index in [1.165, 1.54) is 19.2 Å². The maximum Gasteiger partial charge on any atom is 0.361 e. The molecule has 1 aromatic carbocycles. The maximum absolute atomic E-state index is 11.6. The molecule has 0 bridgehead atoms. The number of halogens is 2. The predicted molar refractivity (Wildman–Crippen MR) is 66.5 cm³/mol. The van der Waals surface area contributed by atoms with Crippen LogP contribution in [0.25, 0.3) is 0 Å². The Morgan fingerprint density at radius 1 is 1.28 bits per heavy atom. The molecule has 0 spiro atoms. The molecule has 6 nitrogen and oxygen atoms in total. The molecule has 0 radical (unpaired) electrons. The number of aliphatic hydroxyl groups excluding tert-OH is 1. The molecule has 0 saturated heterocycles. The van der Waals surface area contributed by atoms with Gasteiger partial charge in [-0.25, -0.2) is 9.69 Å². The van der Waals surface area contributed by atoms with Crippen molar-refractivity contribution in [3.8, 4) is 5.75 Å². The fourth-order valence-electron chi connectivity index (χ4n) is 1.24. The average molecular weight is 293 g/mol. The van der Waals surface area contributed by atoms with Gasteiger partial charge in [0.15, 0.2) is 0 Å². The first-order chi connectivity index (χ1) is 8.51. The standard InChI is InChI=1S/C10H10Cl2N2O4/c1-18-8-4-2-7(3-5-8)13(9(16)6-15)10(17)14(11)12/h2-5,15H,6H2,1H3. The van der Waals surface area contributed by atoms with Crippen LogP contribution in [0.5, 0.6) is 5.75 Å². The van der Waals surface area contributed by atoms with Crippen molar-refractivity contribution in [2.45, 2.75) is 0 Å². The second-order valence-electron chi connectivity index (χ2n) is 3.10. The number of hydrogen-bond acceptors (Lipinski definition) is 4. The van der Waals surface area contributed by atoms with E-state index in [9.17, 15) is 9.59 Å². The van der Waals surface area contributed by atoms with E-state index >= 15 is 0 Å². The number of rotatable bonds is 3. The SMILES string of the molecule is COc1ccc(N(C(=O)CO)C(=O)N(Cl)Cl)cc1. The molecule has 3 amide bonds. The molecule has 1 N–H and O–H groups in total. The predicted octanol–water partition coefficient (Wildman–Crippen LogP) is 1.75. The molecular formula is C10H10Cl2N2O4. The Morgan fingerprint density at radius 2 is 1.83 bits per heavy atom. The van der Waals surface area contributed by atoms with Crippen LogP contribution >= 0.6 is 23.6 Å². The van der Waals surface area contributed by atoms with E-state index in [2.05, 4.69) is 0 Å². The van der Waals surface area contributed by atoms with Gasteiger partial charge in [0.1, 0.15) is 12.4 Å². The Hall–Kier alpha value is -1.50. The Balaban J connectivity index is 3.09. The lowest BCUT2D eigenvalue weighted by molar-refractivity contribution is -0.120. The van der Waals surface area contributed by atoms with Crippen LogP contribution in [-0.4, -0.2) is 34.7 Å². The third-order valence-electron chi connectivity index (χ3n) is 2.05. The number of hydrogen-bond donors (Lipinski definition) is 1. The number of ether oxygens (including phenoxy) is 1. The molecule has 0 fully saturated rings. The third kappa shape index (κ3) is 3.25. The summed E-state index contributed by atoms with van der Waals surface area (Å²) < 4.78 is 5.15. The molecular weight excluding hydrogens is 283 g/mol. The summed E-state index contributed by atoms with van der Waals surface area (Å²) in [7, 11) is 1.48. The third-order valence-corrected chi connectivity index (χ3v) is 2.34. The van der Waals surface area contributed by atoms with Crippen LogP contribution in [0, 0.1) is 0 Å². The summed E-state index contributed by atoms with van der Waals surface area (Å²) >= 11 is 10.6. The van der Waals surface area contributed by atoms with E-state index in [0.29, 0.717) is 10.6 Å². The molecule has 1 aromatic rings. The Bertz CT molecular complexity index is 436. The Morgan fingerprint density at radius 3 is 2.22 bits per heavy atom. The summed E-state index contributed by atoms with van der Waals surface area (Å²) in [5.74, 6) is -0.298. The summed E-state index contributed by atoms with van der Waals surface area (Å²) in [6, 6.07) is 5.03. The van der Waals surface area contributed by atoms with Crippen LogP contribution in [0.3, 0.4) is 0 Å². The van der Waals surface area contributed by atoms with Crippen molar-refractivity contribution in [2.24, 2.45) is 0 Å². The van der Waals surface area contributed by atoms with Gasteiger partial charge >= 0.3 is 6.03 Å². The second kappa shape index (κ2) is 6.44. The molecule has 0 aliphatic heterocycles. The normalized spacial score (nSPS) is 9.78. The first-order valence-corrected chi connectivity index (χ1v) is 5.42. The van der Waals surface area contributed by atoms with Crippen molar-refractivity contribution in [3.05, 3.63) is 24.3 Å². The van der Waals surface area contributed by atoms with Gasteiger partial charge in [-0.1, -0.05) is 0 Å². The van der Waals surface area contributed by atoms with Gasteiger partial charge in [0.25, 0.3) is 5.91 Å². The zero-order valence-corrected chi connectivity index (χ0v) is 10.9. The van der Waals surface area contributed by atoms with Crippen LogP contribution < -0.4 is 9.64 Å². The number of carbonyl (C=O) groups excluding carboxylic acids is 2. The number of methoxy groups -OCH3 is 1. The molecule has 1 rings (SSSR count). The lowest BCUT2D eigenvalue weighted by atomic mass is 10.2. The fraction of sp³-hybridized carbons (Fsp3) is 0.200. The summed E-state index contributed by atoms with van der Waals surface area (Å²) in [6.07, 6.45) is 0. The molecule has 0 aliphatic carbocycles. The van der Waals surface area contributed by atoms with Crippen LogP contribution in [-0.2, 0) is 4.79 Å². The quantitative estimate of drug-likeness (QED) is 0.862. The highest BCUT2D eigenvalue weighted by molar-refractivity contribution is 6.44. The van der Waals surface area contributed by atoms with Crippen LogP contribution in [0.15, 0.2) is 24.3 Å². The van der Waals surface area contributed by atoms with Crippen molar-refractivity contribution in [1.82, 2.24) is 3.94 Å².